The van der Waals surface area contributed by atoms with E-state index in [1.165, 1.54) is 17.7 Å². The maximum absolute atomic E-state index is 11.9. The van der Waals surface area contributed by atoms with Crippen LogP contribution in [0.2, 0.25) is 0 Å². The number of rotatable bonds is 6. The average molecular weight is 333 g/mol. The van der Waals surface area contributed by atoms with Gasteiger partial charge in [-0.15, -0.1) is 0 Å². The molecule has 4 heteroatoms. The largest absolute Gasteiger partial charge is 0.508 e. The highest BCUT2D eigenvalue weighted by molar-refractivity contribution is 6.10. The fourth-order valence-corrected chi connectivity index (χ4v) is 2.67. The SMILES string of the molecule is O=C(/C=C/c1ccc(O)cc1)CC(=O)/C=C/c1ccc2c(c1)NCC2. The summed E-state index contributed by atoms with van der Waals surface area (Å²) in [4.78, 5) is 23.8. The zero-order valence-corrected chi connectivity index (χ0v) is 13.7. The molecule has 0 unspecified atom stereocenters. The number of carbonyl (C=O) groups is 2. The lowest BCUT2D eigenvalue weighted by Crippen LogP contribution is -2.01. The first kappa shape index (κ1) is 16.7. The summed E-state index contributed by atoms with van der Waals surface area (Å²) in [5, 5.41) is 12.5. The van der Waals surface area contributed by atoms with Crippen molar-refractivity contribution in [2.75, 3.05) is 11.9 Å². The monoisotopic (exact) mass is 333 g/mol. The van der Waals surface area contributed by atoms with Crippen LogP contribution in [0.1, 0.15) is 23.1 Å². The third kappa shape index (κ3) is 4.67. The molecule has 0 fully saturated rings. The fourth-order valence-electron chi connectivity index (χ4n) is 2.67. The average Bonchev–Trinajstić information content (AvgIpc) is 3.07. The molecule has 1 aliphatic heterocycles. The van der Waals surface area contributed by atoms with E-state index >= 15 is 0 Å². The molecule has 2 aromatic carbocycles. The second kappa shape index (κ2) is 7.62. The van der Waals surface area contributed by atoms with Gasteiger partial charge in [0.1, 0.15) is 5.75 Å². The van der Waals surface area contributed by atoms with Crippen molar-refractivity contribution in [2.45, 2.75) is 12.8 Å². The molecule has 0 spiro atoms. The van der Waals surface area contributed by atoms with Gasteiger partial charge < -0.3 is 10.4 Å². The van der Waals surface area contributed by atoms with E-state index in [2.05, 4.69) is 11.4 Å². The number of ketones is 2. The Hall–Kier alpha value is -3.14. The smallest absolute Gasteiger partial charge is 0.163 e. The number of aromatic hydroxyl groups is 1. The molecular formula is C21H19NO3. The van der Waals surface area contributed by atoms with Gasteiger partial charge >= 0.3 is 0 Å². The van der Waals surface area contributed by atoms with Crippen molar-refractivity contribution in [3.63, 3.8) is 0 Å². The van der Waals surface area contributed by atoms with Gasteiger partial charge in [0.15, 0.2) is 11.6 Å². The van der Waals surface area contributed by atoms with Crippen LogP contribution in [0.4, 0.5) is 5.69 Å². The Morgan fingerprint density at radius 3 is 2.32 bits per heavy atom. The van der Waals surface area contributed by atoms with Gasteiger partial charge in [0.05, 0.1) is 6.42 Å². The number of hydrogen-bond donors (Lipinski definition) is 2. The van der Waals surface area contributed by atoms with E-state index in [0.29, 0.717) is 0 Å². The van der Waals surface area contributed by atoms with Crippen molar-refractivity contribution in [1.29, 1.82) is 0 Å². The first-order valence-corrected chi connectivity index (χ1v) is 8.18. The van der Waals surface area contributed by atoms with E-state index in [0.717, 1.165) is 29.8 Å². The van der Waals surface area contributed by atoms with E-state index in [9.17, 15) is 14.7 Å². The number of carbonyl (C=O) groups excluding carboxylic acids is 2. The summed E-state index contributed by atoms with van der Waals surface area (Å²) in [6, 6.07) is 12.5. The highest BCUT2D eigenvalue weighted by Gasteiger charge is 2.09. The minimum Gasteiger partial charge on any atom is -0.508 e. The normalized spacial score (nSPS) is 13.1. The molecule has 0 aliphatic carbocycles. The van der Waals surface area contributed by atoms with Crippen LogP contribution in [0, 0.1) is 0 Å². The van der Waals surface area contributed by atoms with Crippen LogP contribution in [0.3, 0.4) is 0 Å². The molecule has 1 heterocycles. The predicted octanol–water partition coefficient (Wildman–Crippen LogP) is 3.62. The van der Waals surface area contributed by atoms with E-state index in [4.69, 9.17) is 0 Å². The van der Waals surface area contributed by atoms with Gasteiger partial charge in [-0.1, -0.05) is 36.4 Å². The summed E-state index contributed by atoms with van der Waals surface area (Å²) < 4.78 is 0. The standard InChI is InChI=1S/C21H19NO3/c23-18-7-2-15(3-8-18)4-9-19(24)14-20(25)10-5-16-1-6-17-11-12-22-21(17)13-16/h1-10,13,22-23H,11-12,14H2/b9-4+,10-5+. The number of allylic oxidation sites excluding steroid dienone is 2. The Labute approximate surface area is 146 Å². The minimum absolute atomic E-state index is 0.158. The van der Waals surface area contributed by atoms with Gasteiger partial charge in [0.2, 0.25) is 0 Å². The van der Waals surface area contributed by atoms with E-state index in [-0.39, 0.29) is 23.7 Å². The second-order valence-electron chi connectivity index (χ2n) is 5.96. The number of benzene rings is 2. The maximum atomic E-state index is 11.9. The Morgan fingerprint density at radius 1 is 0.960 bits per heavy atom. The van der Waals surface area contributed by atoms with Crippen molar-refractivity contribution in [3.8, 4) is 5.75 Å². The number of hydrogen-bond acceptors (Lipinski definition) is 4. The molecule has 0 bridgehead atoms. The molecule has 0 saturated carbocycles. The molecule has 0 radical (unpaired) electrons. The van der Waals surface area contributed by atoms with Crippen LogP contribution in [-0.4, -0.2) is 23.2 Å². The molecule has 0 atom stereocenters. The van der Waals surface area contributed by atoms with Crippen LogP contribution < -0.4 is 5.32 Å². The zero-order chi connectivity index (χ0) is 17.6. The number of phenolic OH excluding ortho intramolecular Hbond substituents is 1. The summed E-state index contributed by atoms with van der Waals surface area (Å²) in [5.74, 6) is -0.308. The number of fused-ring (bicyclic) bond motifs is 1. The summed E-state index contributed by atoms with van der Waals surface area (Å²) in [6.45, 7) is 0.948. The van der Waals surface area contributed by atoms with Crippen LogP contribution in [-0.2, 0) is 16.0 Å². The molecule has 3 rings (SSSR count). The van der Waals surface area contributed by atoms with Gasteiger partial charge in [-0.3, -0.25) is 9.59 Å². The Kier molecular flexibility index (Phi) is 5.09. The lowest BCUT2D eigenvalue weighted by molar-refractivity contribution is -0.121. The molecule has 4 nitrogen and oxygen atoms in total. The molecule has 0 saturated heterocycles. The lowest BCUT2D eigenvalue weighted by Gasteiger charge is -2.00. The minimum atomic E-state index is -0.252. The maximum Gasteiger partial charge on any atom is 0.163 e. The molecular weight excluding hydrogens is 314 g/mol. The molecule has 0 amide bonds. The van der Waals surface area contributed by atoms with Crippen LogP contribution in [0.5, 0.6) is 5.75 Å². The third-order valence-electron chi connectivity index (χ3n) is 4.01. The highest BCUT2D eigenvalue weighted by atomic mass is 16.3. The Balaban J connectivity index is 1.54. The number of nitrogens with one attached hydrogen (secondary N) is 1. The van der Waals surface area contributed by atoms with Gasteiger partial charge in [-0.2, -0.15) is 0 Å². The van der Waals surface area contributed by atoms with E-state index < -0.39 is 0 Å². The molecule has 1 aliphatic rings. The van der Waals surface area contributed by atoms with Gasteiger partial charge in [0, 0.05) is 12.2 Å². The first-order valence-electron chi connectivity index (χ1n) is 8.18. The lowest BCUT2D eigenvalue weighted by atomic mass is 10.1. The highest BCUT2D eigenvalue weighted by Crippen LogP contribution is 2.23. The van der Waals surface area contributed by atoms with Gasteiger partial charge in [-0.25, -0.2) is 0 Å². The molecule has 25 heavy (non-hydrogen) atoms. The zero-order valence-electron chi connectivity index (χ0n) is 13.7. The molecule has 126 valence electrons. The van der Waals surface area contributed by atoms with Crippen molar-refractivity contribution in [1.82, 2.24) is 0 Å². The summed E-state index contributed by atoms with van der Waals surface area (Å²) in [5.41, 5.74) is 4.13. The summed E-state index contributed by atoms with van der Waals surface area (Å²) in [7, 11) is 0. The van der Waals surface area contributed by atoms with Crippen molar-refractivity contribution in [3.05, 3.63) is 71.3 Å². The quantitative estimate of drug-likeness (QED) is 0.626. The fraction of sp³-hybridized carbons (Fsp3) is 0.143. The summed E-state index contributed by atoms with van der Waals surface area (Å²) in [6.07, 6.45) is 7.07. The second-order valence-corrected chi connectivity index (χ2v) is 5.96. The molecule has 2 aromatic rings. The van der Waals surface area contributed by atoms with Gasteiger partial charge in [0.25, 0.3) is 0 Å². The third-order valence-corrected chi connectivity index (χ3v) is 4.01. The first-order chi connectivity index (χ1) is 12.1. The van der Waals surface area contributed by atoms with E-state index in [1.54, 1.807) is 36.4 Å². The predicted molar refractivity (Wildman–Crippen MR) is 99.4 cm³/mol. The molecule has 0 aromatic heterocycles. The summed E-state index contributed by atoms with van der Waals surface area (Å²) >= 11 is 0. The van der Waals surface area contributed by atoms with Crippen molar-refractivity contribution < 1.29 is 14.7 Å². The Bertz CT molecular complexity index is 848. The number of anilines is 1. The van der Waals surface area contributed by atoms with Crippen LogP contribution >= 0.6 is 0 Å². The van der Waals surface area contributed by atoms with E-state index in [1.807, 2.05) is 12.1 Å². The number of phenols is 1. The van der Waals surface area contributed by atoms with Crippen LogP contribution in [0.15, 0.2) is 54.6 Å². The van der Waals surface area contributed by atoms with Crippen LogP contribution in [0.25, 0.3) is 12.2 Å². The van der Waals surface area contributed by atoms with Crippen molar-refractivity contribution >= 4 is 29.4 Å². The van der Waals surface area contributed by atoms with Crippen molar-refractivity contribution in [2.24, 2.45) is 0 Å². The Morgan fingerprint density at radius 2 is 1.60 bits per heavy atom. The topological polar surface area (TPSA) is 66.4 Å². The van der Waals surface area contributed by atoms with Gasteiger partial charge in [-0.05, 0) is 53.5 Å². The molecule has 2 N–H and O–H groups in total.